The smallest absolute Gasteiger partial charge is 0.230 e. The third kappa shape index (κ3) is 3.09. The van der Waals surface area contributed by atoms with Gasteiger partial charge in [0.05, 0.1) is 5.41 Å². The van der Waals surface area contributed by atoms with Gasteiger partial charge in [-0.2, -0.15) is 0 Å². The van der Waals surface area contributed by atoms with Gasteiger partial charge in [0.1, 0.15) is 0 Å². The number of benzene rings is 2. The van der Waals surface area contributed by atoms with Crippen LogP contribution in [0.25, 0.3) is 0 Å². The molecule has 2 nitrogen and oxygen atoms in total. The Balaban J connectivity index is 1.74. The predicted octanol–water partition coefficient (Wildman–Crippen LogP) is 4.41. The molecule has 0 spiro atoms. The van der Waals surface area contributed by atoms with Crippen molar-refractivity contribution in [2.45, 2.75) is 38.6 Å². The van der Waals surface area contributed by atoms with Crippen LogP contribution in [0.3, 0.4) is 0 Å². The molecule has 0 aromatic heterocycles. The van der Waals surface area contributed by atoms with E-state index in [1.54, 1.807) is 0 Å². The van der Waals surface area contributed by atoms with E-state index in [-0.39, 0.29) is 11.3 Å². The van der Waals surface area contributed by atoms with Gasteiger partial charge in [-0.25, -0.2) is 0 Å². The Labute approximate surface area is 140 Å². The van der Waals surface area contributed by atoms with Crippen LogP contribution in [0.2, 0.25) is 0 Å². The zero-order chi connectivity index (χ0) is 15.7. The molecule has 1 fully saturated rings. The van der Waals surface area contributed by atoms with Crippen LogP contribution in [-0.2, 0) is 16.8 Å². The average molecular weight is 358 g/mol. The van der Waals surface area contributed by atoms with Gasteiger partial charge in [-0.3, -0.25) is 4.79 Å². The first-order chi connectivity index (χ1) is 10.5. The first-order valence-corrected chi connectivity index (χ1v) is 8.40. The highest BCUT2D eigenvalue weighted by atomic mass is 79.9. The van der Waals surface area contributed by atoms with Crippen molar-refractivity contribution in [1.29, 1.82) is 0 Å². The molecular weight excluding hydrogens is 338 g/mol. The van der Waals surface area contributed by atoms with Gasteiger partial charge < -0.3 is 5.32 Å². The van der Waals surface area contributed by atoms with Gasteiger partial charge in [-0.1, -0.05) is 57.4 Å². The van der Waals surface area contributed by atoms with Gasteiger partial charge in [-0.05, 0) is 49.9 Å². The Morgan fingerprint density at radius 1 is 1.14 bits per heavy atom. The van der Waals surface area contributed by atoms with Crippen molar-refractivity contribution in [3.05, 3.63) is 69.2 Å². The summed E-state index contributed by atoms with van der Waals surface area (Å²) in [7, 11) is 0. The van der Waals surface area contributed by atoms with E-state index in [0.717, 1.165) is 28.4 Å². The number of rotatable bonds is 4. The third-order valence-corrected chi connectivity index (χ3v) is 4.79. The molecule has 1 amide bonds. The molecule has 1 aliphatic carbocycles. The maximum Gasteiger partial charge on any atom is 0.230 e. The normalized spacial score (nSPS) is 15.4. The van der Waals surface area contributed by atoms with E-state index < -0.39 is 0 Å². The molecule has 0 aliphatic heterocycles. The molecular formula is C19H20BrNO. The van der Waals surface area contributed by atoms with Gasteiger partial charge in [0.15, 0.2) is 0 Å². The van der Waals surface area contributed by atoms with Gasteiger partial charge in [0.25, 0.3) is 0 Å². The number of amides is 1. The maximum absolute atomic E-state index is 12.7. The minimum absolute atomic E-state index is 0.150. The quantitative estimate of drug-likeness (QED) is 0.862. The highest BCUT2D eigenvalue weighted by molar-refractivity contribution is 9.10. The summed E-state index contributed by atoms with van der Waals surface area (Å²) in [5, 5.41) is 3.11. The lowest BCUT2D eigenvalue weighted by molar-refractivity contribution is -0.123. The largest absolute Gasteiger partial charge is 0.351 e. The van der Waals surface area contributed by atoms with Crippen molar-refractivity contribution in [2.24, 2.45) is 0 Å². The van der Waals surface area contributed by atoms with Crippen molar-refractivity contribution in [3.63, 3.8) is 0 Å². The summed E-state index contributed by atoms with van der Waals surface area (Å²) >= 11 is 3.46. The van der Waals surface area contributed by atoms with Crippen molar-refractivity contribution >= 4 is 21.8 Å². The minimum Gasteiger partial charge on any atom is -0.351 e. The predicted molar refractivity (Wildman–Crippen MR) is 92.8 cm³/mol. The first kappa shape index (κ1) is 15.3. The van der Waals surface area contributed by atoms with Crippen LogP contribution in [0.5, 0.6) is 0 Å². The molecule has 114 valence electrons. The Kier molecular flexibility index (Phi) is 4.09. The highest BCUT2D eigenvalue weighted by Crippen LogP contribution is 2.48. The molecule has 1 aliphatic rings. The number of halogens is 1. The van der Waals surface area contributed by atoms with Crippen molar-refractivity contribution in [2.75, 3.05) is 0 Å². The Hall–Kier alpha value is -1.61. The fourth-order valence-corrected chi connectivity index (χ4v) is 3.47. The summed E-state index contributed by atoms with van der Waals surface area (Å²) in [6.07, 6.45) is 1.89. The number of hydrogen-bond acceptors (Lipinski definition) is 1. The Morgan fingerprint density at radius 2 is 1.82 bits per heavy atom. The van der Waals surface area contributed by atoms with Gasteiger partial charge in [0.2, 0.25) is 5.91 Å². The van der Waals surface area contributed by atoms with Crippen LogP contribution < -0.4 is 5.32 Å². The molecule has 3 rings (SSSR count). The molecule has 1 saturated carbocycles. The number of carbonyl (C=O) groups excluding carboxylic acids is 1. The highest BCUT2D eigenvalue weighted by Gasteiger charge is 2.51. The summed E-state index contributed by atoms with van der Waals surface area (Å²) in [5.74, 6) is 0.150. The van der Waals surface area contributed by atoms with Gasteiger partial charge in [0, 0.05) is 11.0 Å². The van der Waals surface area contributed by atoms with Crippen molar-refractivity contribution < 1.29 is 4.79 Å². The Morgan fingerprint density at radius 3 is 2.41 bits per heavy atom. The lowest BCUT2D eigenvalue weighted by atomic mass is 9.92. The second-order valence-corrected chi connectivity index (χ2v) is 7.19. The molecule has 0 saturated heterocycles. The molecule has 3 heteroatoms. The lowest BCUT2D eigenvalue weighted by Crippen LogP contribution is -2.34. The first-order valence-electron chi connectivity index (χ1n) is 7.61. The third-order valence-electron chi connectivity index (χ3n) is 4.30. The van der Waals surface area contributed by atoms with Gasteiger partial charge in [-0.15, -0.1) is 0 Å². The molecule has 2 aromatic carbocycles. The topological polar surface area (TPSA) is 29.1 Å². The van der Waals surface area contributed by atoms with Crippen molar-refractivity contribution in [3.8, 4) is 0 Å². The van der Waals surface area contributed by atoms with E-state index >= 15 is 0 Å². The maximum atomic E-state index is 12.7. The zero-order valence-electron chi connectivity index (χ0n) is 12.9. The fourth-order valence-electron chi connectivity index (χ4n) is 3.02. The number of nitrogens with one attached hydrogen (secondary N) is 1. The standard InChI is InChI=1S/C19H20BrNO/c1-13-8-14(2)10-16(9-13)19(6-7-19)18(22)21-12-15-4-3-5-17(20)11-15/h3-5,8-11H,6-7,12H2,1-2H3,(H,21,22). The SMILES string of the molecule is Cc1cc(C)cc(C2(C(=O)NCc3cccc(Br)c3)CC2)c1. The monoisotopic (exact) mass is 357 g/mol. The van der Waals surface area contributed by atoms with E-state index in [9.17, 15) is 4.79 Å². The molecule has 0 heterocycles. The van der Waals surface area contributed by atoms with Crippen molar-refractivity contribution in [1.82, 2.24) is 5.32 Å². The van der Waals surface area contributed by atoms with Crippen LogP contribution in [0.15, 0.2) is 46.9 Å². The molecule has 1 N–H and O–H groups in total. The minimum atomic E-state index is -0.303. The molecule has 2 aromatic rings. The van der Waals surface area contributed by atoms with Crippen LogP contribution in [0.4, 0.5) is 0 Å². The van der Waals surface area contributed by atoms with E-state index in [4.69, 9.17) is 0 Å². The molecule has 22 heavy (non-hydrogen) atoms. The number of aryl methyl sites for hydroxylation is 2. The Bertz CT molecular complexity index is 699. The summed E-state index contributed by atoms with van der Waals surface area (Å²) in [6, 6.07) is 14.5. The average Bonchev–Trinajstić information content (AvgIpc) is 3.25. The van der Waals surface area contributed by atoms with Crippen LogP contribution in [-0.4, -0.2) is 5.91 Å². The molecule has 0 radical (unpaired) electrons. The number of carbonyl (C=O) groups is 1. The summed E-state index contributed by atoms with van der Waals surface area (Å²) in [4.78, 5) is 12.7. The van der Waals surface area contributed by atoms with E-state index in [0.29, 0.717) is 6.54 Å². The van der Waals surface area contributed by atoms with E-state index in [2.05, 4.69) is 53.3 Å². The van der Waals surface area contributed by atoms with Crippen LogP contribution in [0, 0.1) is 13.8 Å². The van der Waals surface area contributed by atoms with E-state index in [1.807, 2.05) is 24.3 Å². The summed E-state index contributed by atoms with van der Waals surface area (Å²) < 4.78 is 1.04. The van der Waals surface area contributed by atoms with Gasteiger partial charge >= 0.3 is 0 Å². The fraction of sp³-hybridized carbons (Fsp3) is 0.316. The molecule has 0 unspecified atom stereocenters. The second kappa shape index (κ2) is 5.88. The summed E-state index contributed by atoms with van der Waals surface area (Å²) in [6.45, 7) is 4.75. The van der Waals surface area contributed by atoms with E-state index in [1.165, 1.54) is 11.1 Å². The summed E-state index contributed by atoms with van der Waals surface area (Å²) in [5.41, 5.74) is 4.42. The zero-order valence-corrected chi connectivity index (χ0v) is 14.5. The molecule has 0 bridgehead atoms. The molecule has 0 atom stereocenters. The van der Waals surface area contributed by atoms with Crippen LogP contribution >= 0.6 is 15.9 Å². The van der Waals surface area contributed by atoms with Crippen LogP contribution in [0.1, 0.15) is 35.1 Å². The second-order valence-electron chi connectivity index (χ2n) is 6.27. The lowest BCUT2D eigenvalue weighted by Gasteiger charge is -2.17. The number of hydrogen-bond donors (Lipinski definition) is 1.